The zero-order valence-electron chi connectivity index (χ0n) is 16.8. The van der Waals surface area contributed by atoms with E-state index in [1.807, 2.05) is 37.3 Å². The first kappa shape index (κ1) is 21.1. The summed E-state index contributed by atoms with van der Waals surface area (Å²) in [6, 6.07) is 12.7. The summed E-state index contributed by atoms with van der Waals surface area (Å²) in [5.41, 5.74) is 1.53. The summed E-state index contributed by atoms with van der Waals surface area (Å²) in [5, 5.41) is 0. The molecule has 0 bridgehead atoms. The summed E-state index contributed by atoms with van der Waals surface area (Å²) in [7, 11) is -1.99. The first-order valence-corrected chi connectivity index (χ1v) is 10.9. The fourth-order valence-electron chi connectivity index (χ4n) is 3.12. The highest BCUT2D eigenvalue weighted by Gasteiger charge is 2.24. The van der Waals surface area contributed by atoms with Gasteiger partial charge in [0.25, 0.3) is 0 Å². The van der Waals surface area contributed by atoms with Gasteiger partial charge >= 0.3 is 0 Å². The van der Waals surface area contributed by atoms with Crippen LogP contribution in [0.5, 0.6) is 11.5 Å². The Balaban J connectivity index is 1.50. The van der Waals surface area contributed by atoms with Crippen molar-refractivity contribution in [3.63, 3.8) is 0 Å². The minimum atomic E-state index is -3.66. The number of fused-ring (bicyclic) bond motifs is 1. The lowest BCUT2D eigenvalue weighted by Crippen LogP contribution is -2.42. The number of rotatable bonds is 7. The molecular weight excluding hydrogens is 392 g/mol. The van der Waals surface area contributed by atoms with E-state index in [1.54, 1.807) is 26.1 Å². The van der Waals surface area contributed by atoms with Gasteiger partial charge in [0, 0.05) is 20.0 Å². The van der Waals surface area contributed by atoms with Gasteiger partial charge in [-0.3, -0.25) is 4.79 Å². The van der Waals surface area contributed by atoms with Gasteiger partial charge in [0.05, 0.1) is 11.4 Å². The van der Waals surface area contributed by atoms with Gasteiger partial charge in [0.2, 0.25) is 15.9 Å². The van der Waals surface area contributed by atoms with E-state index in [2.05, 4.69) is 4.72 Å². The quantitative estimate of drug-likeness (QED) is 0.746. The molecule has 0 fully saturated rings. The number of amides is 1. The van der Waals surface area contributed by atoms with Crippen molar-refractivity contribution >= 4 is 15.9 Å². The van der Waals surface area contributed by atoms with Gasteiger partial charge in [-0.2, -0.15) is 0 Å². The highest BCUT2D eigenvalue weighted by atomic mass is 32.2. The van der Waals surface area contributed by atoms with Crippen LogP contribution >= 0.6 is 0 Å². The molecule has 1 atom stereocenters. The molecule has 3 rings (SSSR count). The van der Waals surface area contributed by atoms with Crippen LogP contribution in [0.1, 0.15) is 17.5 Å². The Hall–Kier alpha value is -2.58. The van der Waals surface area contributed by atoms with Crippen LogP contribution in [0.4, 0.5) is 0 Å². The monoisotopic (exact) mass is 418 g/mol. The van der Waals surface area contributed by atoms with Crippen LogP contribution in [0.25, 0.3) is 0 Å². The molecule has 2 aromatic carbocycles. The normalized spacial score (nSPS) is 15.8. The number of likely N-dealkylation sites (N-methyl/N-ethyl adjacent to an activating group) is 1. The second kappa shape index (κ2) is 8.84. The maximum Gasteiger partial charge on any atom is 0.240 e. The summed E-state index contributed by atoms with van der Waals surface area (Å²) < 4.78 is 39.1. The zero-order chi connectivity index (χ0) is 21.0. The molecule has 0 saturated carbocycles. The van der Waals surface area contributed by atoms with Crippen LogP contribution in [0, 0.1) is 13.8 Å². The number of sulfonamides is 1. The largest absolute Gasteiger partial charge is 0.486 e. The molecule has 0 aromatic heterocycles. The molecule has 1 N–H and O–H groups in total. The molecular formula is C21H26N2O5S. The molecule has 1 unspecified atom stereocenters. The van der Waals surface area contributed by atoms with Crippen LogP contribution in [0.15, 0.2) is 47.4 Å². The van der Waals surface area contributed by atoms with E-state index in [0.29, 0.717) is 30.2 Å². The van der Waals surface area contributed by atoms with E-state index in [0.717, 1.165) is 5.56 Å². The van der Waals surface area contributed by atoms with Crippen molar-refractivity contribution < 1.29 is 22.7 Å². The Labute approximate surface area is 171 Å². The smallest absolute Gasteiger partial charge is 0.240 e. The van der Waals surface area contributed by atoms with Gasteiger partial charge in [-0.25, -0.2) is 13.1 Å². The van der Waals surface area contributed by atoms with Gasteiger partial charge in [0.1, 0.15) is 6.61 Å². The maximum atomic E-state index is 12.5. The summed E-state index contributed by atoms with van der Waals surface area (Å²) in [6.07, 6.45) is -0.212. The summed E-state index contributed by atoms with van der Waals surface area (Å²) in [6.45, 7) is 4.33. The summed E-state index contributed by atoms with van der Waals surface area (Å²) in [4.78, 5) is 14.2. The van der Waals surface area contributed by atoms with Crippen molar-refractivity contribution in [3.05, 3.63) is 53.6 Å². The molecule has 0 aliphatic carbocycles. The average Bonchev–Trinajstić information content (AvgIpc) is 2.69. The lowest BCUT2D eigenvalue weighted by molar-refractivity contribution is -0.131. The van der Waals surface area contributed by atoms with Gasteiger partial charge < -0.3 is 14.4 Å². The topological polar surface area (TPSA) is 84.9 Å². The number of ether oxygens (including phenoxy) is 2. The van der Waals surface area contributed by atoms with E-state index in [1.165, 1.54) is 4.90 Å². The number of hydrogen-bond acceptors (Lipinski definition) is 5. The lowest BCUT2D eigenvalue weighted by atomic mass is 10.2. The van der Waals surface area contributed by atoms with Gasteiger partial charge in [0.15, 0.2) is 17.6 Å². The Morgan fingerprint density at radius 2 is 1.90 bits per heavy atom. The standard InChI is InChI=1S/C21H26N2O5S/c1-15-8-9-16(2)20(12-15)29(25,26)22-11-10-21(24)23(3)13-17-14-27-18-6-4-5-7-19(18)28-17/h4-9,12,17,22H,10-11,13-14H2,1-3H3. The number of para-hydroxylation sites is 2. The molecule has 0 saturated heterocycles. The van der Waals surface area contributed by atoms with Crippen LogP contribution in [-0.2, 0) is 14.8 Å². The van der Waals surface area contributed by atoms with Crippen LogP contribution in [0.3, 0.4) is 0 Å². The van der Waals surface area contributed by atoms with Crippen molar-refractivity contribution in [3.8, 4) is 11.5 Å². The number of benzene rings is 2. The summed E-state index contributed by atoms with van der Waals surface area (Å²) >= 11 is 0. The number of nitrogens with one attached hydrogen (secondary N) is 1. The fraction of sp³-hybridized carbons (Fsp3) is 0.381. The predicted molar refractivity (Wildman–Crippen MR) is 110 cm³/mol. The average molecular weight is 419 g/mol. The highest BCUT2D eigenvalue weighted by Crippen LogP contribution is 2.30. The minimum absolute atomic E-state index is 0.0315. The molecule has 1 aliphatic rings. The highest BCUT2D eigenvalue weighted by molar-refractivity contribution is 7.89. The van der Waals surface area contributed by atoms with E-state index < -0.39 is 10.0 Å². The molecule has 1 amide bonds. The van der Waals surface area contributed by atoms with Crippen molar-refractivity contribution in [1.29, 1.82) is 0 Å². The van der Waals surface area contributed by atoms with Gasteiger partial charge in [-0.05, 0) is 43.2 Å². The first-order valence-electron chi connectivity index (χ1n) is 9.45. The predicted octanol–water partition coefficient (Wildman–Crippen LogP) is 2.27. The third kappa shape index (κ3) is 5.27. The number of carbonyl (C=O) groups is 1. The van der Waals surface area contributed by atoms with E-state index in [4.69, 9.17) is 9.47 Å². The molecule has 1 aliphatic heterocycles. The van der Waals surface area contributed by atoms with Crippen molar-refractivity contribution in [1.82, 2.24) is 9.62 Å². The fourth-order valence-corrected chi connectivity index (χ4v) is 4.48. The van der Waals surface area contributed by atoms with Crippen LogP contribution in [-0.4, -0.2) is 52.1 Å². The first-order chi connectivity index (χ1) is 13.8. The van der Waals surface area contributed by atoms with Crippen LogP contribution in [0.2, 0.25) is 0 Å². The Morgan fingerprint density at radius 1 is 1.17 bits per heavy atom. The molecule has 1 heterocycles. The Kier molecular flexibility index (Phi) is 6.44. The molecule has 7 nitrogen and oxygen atoms in total. The molecule has 0 radical (unpaired) electrons. The third-order valence-electron chi connectivity index (χ3n) is 4.73. The third-order valence-corrected chi connectivity index (χ3v) is 6.34. The Morgan fingerprint density at radius 3 is 2.66 bits per heavy atom. The maximum absolute atomic E-state index is 12.5. The van der Waals surface area contributed by atoms with Crippen molar-refractivity contribution in [2.24, 2.45) is 0 Å². The van der Waals surface area contributed by atoms with E-state index in [9.17, 15) is 13.2 Å². The molecule has 2 aromatic rings. The van der Waals surface area contributed by atoms with Gasteiger partial charge in [-0.1, -0.05) is 24.3 Å². The zero-order valence-corrected chi connectivity index (χ0v) is 17.7. The Bertz CT molecular complexity index is 990. The molecule has 0 spiro atoms. The summed E-state index contributed by atoms with van der Waals surface area (Å²) in [5.74, 6) is 1.18. The van der Waals surface area contributed by atoms with E-state index in [-0.39, 0.29) is 29.9 Å². The minimum Gasteiger partial charge on any atom is -0.486 e. The van der Waals surface area contributed by atoms with Crippen LogP contribution < -0.4 is 14.2 Å². The number of carbonyl (C=O) groups excluding carboxylic acids is 1. The number of nitrogens with zero attached hydrogens (tertiary/aromatic N) is 1. The molecule has 29 heavy (non-hydrogen) atoms. The van der Waals surface area contributed by atoms with Crippen molar-refractivity contribution in [2.75, 3.05) is 26.7 Å². The van der Waals surface area contributed by atoms with Gasteiger partial charge in [-0.15, -0.1) is 0 Å². The SMILES string of the molecule is Cc1ccc(C)c(S(=O)(=O)NCCC(=O)N(C)CC2COc3ccccc3O2)c1. The second-order valence-corrected chi connectivity index (χ2v) is 8.92. The second-order valence-electron chi connectivity index (χ2n) is 7.19. The molecule has 8 heteroatoms. The molecule has 156 valence electrons. The lowest BCUT2D eigenvalue weighted by Gasteiger charge is -2.29. The van der Waals surface area contributed by atoms with Crippen molar-refractivity contribution in [2.45, 2.75) is 31.3 Å². The number of aryl methyl sites for hydroxylation is 2. The number of hydrogen-bond donors (Lipinski definition) is 1. The van der Waals surface area contributed by atoms with E-state index >= 15 is 0 Å².